The first-order valence-electron chi connectivity index (χ1n) is 11.2. The van der Waals surface area contributed by atoms with E-state index in [1.807, 2.05) is 0 Å². The number of ether oxygens (including phenoxy) is 1. The molecule has 3 heterocycles. The summed E-state index contributed by atoms with van der Waals surface area (Å²) in [7, 11) is -4.81. The molecule has 2 saturated carbocycles. The number of thioether (sulfide) groups is 1. The fourth-order valence-electron chi connectivity index (χ4n) is 4.99. The maximum Gasteiger partial charge on any atom is 0.524 e. The number of nitrogens with two attached hydrogens (primary N) is 1. The smallest absolute Gasteiger partial charge is 0.482 e. The van der Waals surface area contributed by atoms with Gasteiger partial charge in [0, 0.05) is 24.3 Å². The zero-order valence-corrected chi connectivity index (χ0v) is 20.0. The van der Waals surface area contributed by atoms with Gasteiger partial charge < -0.3 is 25.2 Å². The Morgan fingerprint density at radius 3 is 2.74 bits per heavy atom. The number of fused-ring (bicyclic) bond motifs is 1. The molecule has 13 heteroatoms. The lowest BCUT2D eigenvalue weighted by atomic mass is 9.91. The molecule has 4 atom stereocenters. The minimum Gasteiger partial charge on any atom is -0.482 e. The molecule has 3 aliphatic rings. The van der Waals surface area contributed by atoms with Crippen LogP contribution >= 0.6 is 19.6 Å². The highest BCUT2D eigenvalue weighted by Crippen LogP contribution is 2.62. The maximum atomic E-state index is 11.0. The molecule has 0 radical (unpaired) electrons. The van der Waals surface area contributed by atoms with Crippen molar-refractivity contribution in [1.82, 2.24) is 15.0 Å². The normalized spacial score (nSPS) is 30.7. The fourth-order valence-corrected chi connectivity index (χ4v) is 6.27. The molecule has 2 aromatic rings. The number of hydrogen-bond acceptors (Lipinski definition) is 10. The van der Waals surface area contributed by atoms with Crippen LogP contribution in [0, 0.1) is 5.92 Å². The van der Waals surface area contributed by atoms with Gasteiger partial charge in [-0.2, -0.15) is 0 Å². The number of phosphoric acid groups is 1. The summed E-state index contributed by atoms with van der Waals surface area (Å²) >= 11 is 1.58. The maximum absolute atomic E-state index is 11.0. The van der Waals surface area contributed by atoms with Gasteiger partial charge in [0.1, 0.15) is 29.6 Å². The van der Waals surface area contributed by atoms with Crippen molar-refractivity contribution in [1.29, 1.82) is 0 Å². The molecule has 0 unspecified atom stereocenters. The lowest BCUT2D eigenvalue weighted by Crippen LogP contribution is -2.32. The number of aromatic nitrogens is 3. The van der Waals surface area contributed by atoms with Crippen LogP contribution in [-0.2, 0) is 13.8 Å². The van der Waals surface area contributed by atoms with Crippen LogP contribution in [0.3, 0.4) is 0 Å². The number of anilines is 1. The Hall–Kier alpha value is -1.95. The highest BCUT2D eigenvalue weighted by Gasteiger charge is 2.69. The van der Waals surface area contributed by atoms with Crippen LogP contribution < -0.4 is 5.73 Å². The largest absolute Gasteiger partial charge is 0.524 e. The van der Waals surface area contributed by atoms with E-state index in [0.717, 1.165) is 11.3 Å². The quantitative estimate of drug-likeness (QED) is 0.166. The first-order chi connectivity index (χ1) is 16.2. The van der Waals surface area contributed by atoms with Crippen molar-refractivity contribution in [2.24, 2.45) is 5.92 Å². The predicted octanol–water partition coefficient (Wildman–Crippen LogP) is 2.21. The van der Waals surface area contributed by atoms with Crippen LogP contribution in [0.2, 0.25) is 0 Å². The molecule has 0 amide bonds. The van der Waals surface area contributed by atoms with Gasteiger partial charge in [0.05, 0.1) is 5.52 Å². The van der Waals surface area contributed by atoms with E-state index < -0.39 is 25.6 Å². The topological polar surface area (TPSA) is 181 Å². The summed E-state index contributed by atoms with van der Waals surface area (Å²) in [4.78, 5) is 31.3. The van der Waals surface area contributed by atoms with E-state index in [1.165, 1.54) is 32.1 Å². The molecule has 3 fully saturated rings. The fraction of sp³-hybridized carbons (Fsp3) is 0.571. The number of aliphatic hydroxyl groups excluding tert-OH is 2. The van der Waals surface area contributed by atoms with Gasteiger partial charge in [0.2, 0.25) is 0 Å². The summed E-state index contributed by atoms with van der Waals surface area (Å²) < 4.78 is 21.1. The molecule has 11 nitrogen and oxygen atoms in total. The lowest BCUT2D eigenvalue weighted by molar-refractivity contribution is 0.00575. The van der Waals surface area contributed by atoms with Crippen molar-refractivity contribution < 1.29 is 33.8 Å². The van der Waals surface area contributed by atoms with E-state index in [0.29, 0.717) is 34.8 Å². The second-order valence-electron chi connectivity index (χ2n) is 9.12. The summed E-state index contributed by atoms with van der Waals surface area (Å²) in [6.07, 6.45) is 6.06. The first kappa shape index (κ1) is 23.8. The Morgan fingerprint density at radius 2 is 2.00 bits per heavy atom. The Bertz CT molecular complexity index is 1170. The standard InChI is InChI=1S/C21H27N4O7PS/c22-19-16-15(24-20(25-19)34-10-11-4-2-1-3-5-11)12(6-7-23-16)13-8-21(13)18(27)17(26)14(32-21)9-31-33(28,29)30/h6-7,9,11,13,17-18,26-27H,1-5,8,10H2,(H2,22,24,25)(H2,28,29,30)/b14-9-/t13-,17+,18+,21+/m0/s1. The average Bonchev–Trinajstić information content (AvgIpc) is 3.48. The number of rotatable bonds is 6. The molecule has 1 saturated heterocycles. The highest BCUT2D eigenvalue weighted by molar-refractivity contribution is 7.99. The molecule has 0 bridgehead atoms. The van der Waals surface area contributed by atoms with Gasteiger partial charge in [-0.05, 0) is 30.4 Å². The third-order valence-corrected chi connectivity index (χ3v) is 8.29. The molecule has 1 spiro atoms. The van der Waals surface area contributed by atoms with E-state index in [1.54, 1.807) is 24.0 Å². The van der Waals surface area contributed by atoms with Gasteiger partial charge >= 0.3 is 7.82 Å². The number of pyridine rings is 1. The molecular formula is C21H27N4O7PS. The molecule has 2 aliphatic carbocycles. The summed E-state index contributed by atoms with van der Waals surface area (Å²) in [5.41, 5.74) is 6.82. The Morgan fingerprint density at radius 1 is 1.24 bits per heavy atom. The van der Waals surface area contributed by atoms with E-state index in [4.69, 9.17) is 25.2 Å². The van der Waals surface area contributed by atoms with Crippen LogP contribution in [0.5, 0.6) is 0 Å². The Kier molecular flexibility index (Phi) is 6.24. The van der Waals surface area contributed by atoms with Crippen LogP contribution in [-0.4, -0.2) is 58.5 Å². The van der Waals surface area contributed by atoms with E-state index in [9.17, 15) is 14.8 Å². The van der Waals surface area contributed by atoms with Crippen molar-refractivity contribution in [2.75, 3.05) is 11.5 Å². The molecule has 2 aromatic heterocycles. The number of aliphatic hydroxyl groups is 2. The van der Waals surface area contributed by atoms with E-state index in [2.05, 4.69) is 14.5 Å². The third-order valence-electron chi connectivity index (χ3n) is 6.83. The minimum absolute atomic E-state index is 0.241. The van der Waals surface area contributed by atoms with Gasteiger partial charge in [0.15, 0.2) is 16.7 Å². The SMILES string of the molecule is Nc1nc(SCC2CCCCC2)nc2c([C@@H]3C[C@@]34O/C(=C\OP(=O)(O)O)[C@@H](O)[C@H]4O)ccnc12. The van der Waals surface area contributed by atoms with Crippen molar-refractivity contribution in [3.8, 4) is 0 Å². The molecular weight excluding hydrogens is 483 g/mol. The van der Waals surface area contributed by atoms with E-state index in [-0.39, 0.29) is 17.5 Å². The van der Waals surface area contributed by atoms with Crippen LogP contribution in [0.15, 0.2) is 29.4 Å². The Labute approximate surface area is 200 Å². The second-order valence-corrected chi connectivity index (χ2v) is 11.3. The molecule has 5 rings (SSSR count). The summed E-state index contributed by atoms with van der Waals surface area (Å²) in [6, 6.07) is 1.78. The van der Waals surface area contributed by atoms with Gasteiger partial charge in [-0.15, -0.1) is 0 Å². The monoisotopic (exact) mass is 510 g/mol. The summed E-state index contributed by atoms with van der Waals surface area (Å²) in [5, 5.41) is 21.6. The molecule has 6 N–H and O–H groups in total. The molecule has 34 heavy (non-hydrogen) atoms. The van der Waals surface area contributed by atoms with Crippen LogP contribution in [0.1, 0.15) is 50.0 Å². The molecule has 0 aromatic carbocycles. The highest BCUT2D eigenvalue weighted by atomic mass is 32.2. The van der Waals surface area contributed by atoms with Gasteiger partial charge in [-0.25, -0.2) is 14.5 Å². The van der Waals surface area contributed by atoms with Crippen LogP contribution in [0.25, 0.3) is 11.0 Å². The van der Waals surface area contributed by atoms with Gasteiger partial charge in [0.25, 0.3) is 0 Å². The number of phosphoric ester groups is 1. The molecule has 184 valence electrons. The van der Waals surface area contributed by atoms with Crippen molar-refractivity contribution in [3.63, 3.8) is 0 Å². The minimum atomic E-state index is -4.81. The lowest BCUT2D eigenvalue weighted by Gasteiger charge is -2.20. The predicted molar refractivity (Wildman–Crippen MR) is 123 cm³/mol. The average molecular weight is 511 g/mol. The zero-order chi connectivity index (χ0) is 24.1. The van der Waals surface area contributed by atoms with Gasteiger partial charge in [-0.3, -0.25) is 14.8 Å². The Balaban J connectivity index is 1.41. The number of nitrogen functional groups attached to an aromatic ring is 1. The van der Waals surface area contributed by atoms with Crippen molar-refractivity contribution >= 4 is 36.4 Å². The summed E-state index contributed by atoms with van der Waals surface area (Å²) in [6.45, 7) is 0. The van der Waals surface area contributed by atoms with Gasteiger partial charge in [-0.1, -0.05) is 31.0 Å². The third kappa shape index (κ3) is 4.50. The second kappa shape index (κ2) is 8.92. The van der Waals surface area contributed by atoms with Crippen molar-refractivity contribution in [2.45, 2.75) is 67.4 Å². The first-order valence-corrected chi connectivity index (χ1v) is 13.7. The zero-order valence-electron chi connectivity index (χ0n) is 18.3. The van der Waals surface area contributed by atoms with E-state index >= 15 is 0 Å². The van der Waals surface area contributed by atoms with Crippen molar-refractivity contribution in [3.05, 3.63) is 29.8 Å². The molecule has 1 aliphatic heterocycles. The number of nitrogens with zero attached hydrogens (tertiary/aromatic N) is 3. The van der Waals surface area contributed by atoms with Crippen LogP contribution in [0.4, 0.5) is 5.82 Å². The summed E-state index contributed by atoms with van der Waals surface area (Å²) in [5.74, 6) is 1.26. The number of hydrogen-bond donors (Lipinski definition) is 5.